The molecule has 0 amide bonds. The number of piperidine rings is 1. The topological polar surface area (TPSA) is 64.3 Å². The molecule has 0 spiro atoms. The highest BCUT2D eigenvalue weighted by Gasteiger charge is 2.50. The third kappa shape index (κ3) is 3.74. The number of rotatable bonds is 4. The van der Waals surface area contributed by atoms with E-state index in [1.54, 1.807) is 12.1 Å². The van der Waals surface area contributed by atoms with Crippen LogP contribution in [0, 0.1) is 23.1 Å². The lowest BCUT2D eigenvalue weighted by Gasteiger charge is -2.48. The lowest BCUT2D eigenvalue weighted by atomic mass is 9.65. The number of benzene rings is 2. The molecule has 162 valence electrons. The van der Waals surface area contributed by atoms with Gasteiger partial charge in [-0.25, -0.2) is 4.39 Å². The molecule has 1 saturated carbocycles. The molecule has 0 aromatic heterocycles. The molecular formula is C26H29FN2O2. The number of aliphatic carboxylic acids is 1. The molecule has 2 aliphatic rings. The zero-order valence-corrected chi connectivity index (χ0v) is 17.9. The number of carbonyl (C=O) groups is 1. The van der Waals surface area contributed by atoms with Crippen molar-refractivity contribution in [1.29, 1.82) is 5.26 Å². The van der Waals surface area contributed by atoms with Crippen LogP contribution in [0.4, 0.5) is 4.39 Å². The Balaban J connectivity index is 1.47. The van der Waals surface area contributed by atoms with E-state index in [-0.39, 0.29) is 11.7 Å². The first-order chi connectivity index (χ1) is 14.9. The minimum absolute atomic E-state index is 0.0131. The number of likely N-dealkylation sites (tertiary alicyclic amines) is 1. The average Bonchev–Trinajstić information content (AvgIpc) is 2.80. The summed E-state index contributed by atoms with van der Waals surface area (Å²) in [6.07, 6.45) is 3.86. The van der Waals surface area contributed by atoms with Gasteiger partial charge in [-0.1, -0.05) is 49.4 Å². The van der Waals surface area contributed by atoms with Gasteiger partial charge in [-0.2, -0.15) is 5.26 Å². The fourth-order valence-electron chi connectivity index (χ4n) is 5.80. The van der Waals surface area contributed by atoms with Crippen LogP contribution in [0.3, 0.4) is 0 Å². The van der Waals surface area contributed by atoms with Crippen LogP contribution in [0.15, 0.2) is 54.6 Å². The SMILES string of the molecule is C[C@@H]1CN([C@H]2CC[C@@](C#N)(c3ccc(F)cc3)CC2)CC[C@]1(C(=O)O)c1ccccc1. The molecule has 2 atom stereocenters. The van der Waals surface area contributed by atoms with E-state index in [4.69, 9.17) is 0 Å². The predicted molar refractivity (Wildman–Crippen MR) is 117 cm³/mol. The smallest absolute Gasteiger partial charge is 0.314 e. The fourth-order valence-corrected chi connectivity index (χ4v) is 5.80. The summed E-state index contributed by atoms with van der Waals surface area (Å²) in [6, 6.07) is 18.8. The maximum Gasteiger partial charge on any atom is 0.314 e. The summed E-state index contributed by atoms with van der Waals surface area (Å²) in [4.78, 5) is 14.8. The Labute approximate surface area is 183 Å². The van der Waals surface area contributed by atoms with E-state index in [1.807, 2.05) is 37.3 Å². The average molecular weight is 421 g/mol. The van der Waals surface area contributed by atoms with E-state index < -0.39 is 16.8 Å². The Morgan fingerprint density at radius 2 is 1.71 bits per heavy atom. The maximum absolute atomic E-state index is 13.3. The van der Waals surface area contributed by atoms with Crippen molar-refractivity contribution < 1.29 is 14.3 Å². The second-order valence-electron chi connectivity index (χ2n) is 9.22. The maximum atomic E-state index is 13.3. The largest absolute Gasteiger partial charge is 0.481 e. The number of hydrogen-bond acceptors (Lipinski definition) is 3. The van der Waals surface area contributed by atoms with Crippen LogP contribution in [-0.4, -0.2) is 35.1 Å². The molecule has 1 heterocycles. The van der Waals surface area contributed by atoms with E-state index in [1.165, 1.54) is 12.1 Å². The van der Waals surface area contributed by atoms with Crippen molar-refractivity contribution in [2.75, 3.05) is 13.1 Å². The van der Waals surface area contributed by atoms with E-state index in [0.29, 0.717) is 12.5 Å². The standard InChI is InChI=1S/C26H29FN2O2/c1-19-17-29(16-15-26(19,24(30)31)21-5-3-2-4-6-21)23-11-13-25(18-28,14-12-23)20-7-9-22(27)10-8-20/h2-10,19,23H,11-17H2,1H3,(H,30,31)/t19-,23-,25+,26-/m1/s1. The summed E-state index contributed by atoms with van der Waals surface area (Å²) in [5.41, 5.74) is 0.381. The van der Waals surface area contributed by atoms with E-state index in [0.717, 1.165) is 49.9 Å². The number of carboxylic acids is 1. The lowest BCUT2D eigenvalue weighted by molar-refractivity contribution is -0.149. The third-order valence-electron chi connectivity index (χ3n) is 7.75. The monoisotopic (exact) mass is 420 g/mol. The summed E-state index contributed by atoms with van der Waals surface area (Å²) in [5, 5.41) is 20.1. The van der Waals surface area contributed by atoms with Gasteiger partial charge in [-0.3, -0.25) is 4.79 Å². The van der Waals surface area contributed by atoms with Crippen molar-refractivity contribution in [1.82, 2.24) is 4.90 Å². The Bertz CT molecular complexity index is 961. The Hall–Kier alpha value is -2.71. The molecule has 4 nitrogen and oxygen atoms in total. The molecule has 5 heteroatoms. The van der Waals surface area contributed by atoms with E-state index >= 15 is 0 Å². The van der Waals surface area contributed by atoms with Crippen LogP contribution >= 0.6 is 0 Å². The Morgan fingerprint density at radius 3 is 2.26 bits per heavy atom. The van der Waals surface area contributed by atoms with Crippen molar-refractivity contribution in [2.24, 2.45) is 5.92 Å². The van der Waals surface area contributed by atoms with Crippen LogP contribution < -0.4 is 0 Å². The zero-order valence-electron chi connectivity index (χ0n) is 17.9. The first-order valence-electron chi connectivity index (χ1n) is 11.1. The summed E-state index contributed by atoms with van der Waals surface area (Å²) >= 11 is 0. The third-order valence-corrected chi connectivity index (χ3v) is 7.75. The molecule has 4 rings (SSSR count). The number of carboxylic acid groups (broad SMARTS) is 1. The summed E-state index contributed by atoms with van der Waals surface area (Å²) in [5.74, 6) is -1.04. The van der Waals surface area contributed by atoms with Gasteiger partial charge in [0.1, 0.15) is 5.82 Å². The van der Waals surface area contributed by atoms with E-state index in [2.05, 4.69) is 11.0 Å². The number of hydrogen-bond donors (Lipinski definition) is 1. The number of halogens is 1. The molecule has 2 fully saturated rings. The first-order valence-corrected chi connectivity index (χ1v) is 11.1. The molecule has 1 aliphatic heterocycles. The molecular weight excluding hydrogens is 391 g/mol. The van der Waals surface area contributed by atoms with Crippen LogP contribution in [-0.2, 0) is 15.6 Å². The lowest BCUT2D eigenvalue weighted by Crippen LogP contribution is -2.56. The van der Waals surface area contributed by atoms with E-state index in [9.17, 15) is 19.6 Å². The molecule has 1 N–H and O–H groups in total. The molecule has 1 saturated heterocycles. The molecule has 0 radical (unpaired) electrons. The minimum atomic E-state index is -0.850. The summed E-state index contributed by atoms with van der Waals surface area (Å²) < 4.78 is 13.3. The van der Waals surface area contributed by atoms with Crippen LogP contribution in [0.25, 0.3) is 0 Å². The van der Waals surface area contributed by atoms with Gasteiger partial charge >= 0.3 is 5.97 Å². The first kappa shape index (κ1) is 21.5. The van der Waals surface area contributed by atoms with Crippen molar-refractivity contribution >= 4 is 5.97 Å². The Morgan fingerprint density at radius 1 is 1.06 bits per heavy atom. The highest BCUT2D eigenvalue weighted by molar-refractivity contribution is 5.82. The van der Waals surface area contributed by atoms with Crippen LogP contribution in [0.1, 0.15) is 50.2 Å². The number of nitriles is 1. The van der Waals surface area contributed by atoms with Gasteiger partial charge in [-0.05, 0) is 67.8 Å². The molecule has 1 aliphatic carbocycles. The molecule has 2 aromatic rings. The van der Waals surface area contributed by atoms with Crippen molar-refractivity contribution in [3.8, 4) is 6.07 Å². The molecule has 0 unspecified atom stereocenters. The fraction of sp³-hybridized carbons (Fsp3) is 0.462. The summed E-state index contributed by atoms with van der Waals surface area (Å²) in [6.45, 7) is 3.53. The highest BCUT2D eigenvalue weighted by Crippen LogP contribution is 2.44. The quantitative estimate of drug-likeness (QED) is 0.765. The molecule has 31 heavy (non-hydrogen) atoms. The second kappa shape index (κ2) is 8.43. The van der Waals surface area contributed by atoms with Crippen molar-refractivity contribution in [3.63, 3.8) is 0 Å². The van der Waals surface area contributed by atoms with Crippen LogP contribution in [0.2, 0.25) is 0 Å². The summed E-state index contributed by atoms with van der Waals surface area (Å²) in [7, 11) is 0. The number of nitrogens with zero attached hydrogens (tertiary/aromatic N) is 2. The van der Waals surface area contributed by atoms with Gasteiger partial charge in [-0.15, -0.1) is 0 Å². The van der Waals surface area contributed by atoms with Crippen molar-refractivity contribution in [3.05, 3.63) is 71.5 Å². The van der Waals surface area contributed by atoms with Gasteiger partial charge in [0.05, 0.1) is 16.9 Å². The van der Waals surface area contributed by atoms with Gasteiger partial charge in [0.2, 0.25) is 0 Å². The van der Waals surface area contributed by atoms with Gasteiger partial charge in [0.25, 0.3) is 0 Å². The van der Waals surface area contributed by atoms with Gasteiger partial charge in [0, 0.05) is 12.6 Å². The molecule has 2 aromatic carbocycles. The Kier molecular flexibility index (Phi) is 5.85. The van der Waals surface area contributed by atoms with Crippen LogP contribution in [0.5, 0.6) is 0 Å². The predicted octanol–water partition coefficient (Wildman–Crippen LogP) is 4.89. The molecule has 0 bridgehead atoms. The zero-order chi connectivity index (χ0) is 22.1. The minimum Gasteiger partial charge on any atom is -0.481 e. The van der Waals surface area contributed by atoms with Gasteiger partial charge in [0.15, 0.2) is 0 Å². The van der Waals surface area contributed by atoms with Crippen molar-refractivity contribution in [2.45, 2.75) is 55.9 Å². The normalized spacial score (nSPS) is 31.6. The van der Waals surface area contributed by atoms with Gasteiger partial charge < -0.3 is 10.0 Å². The second-order valence-corrected chi connectivity index (χ2v) is 9.22. The highest BCUT2D eigenvalue weighted by atomic mass is 19.1.